The van der Waals surface area contributed by atoms with Crippen LogP contribution in [0, 0.1) is 0 Å². The van der Waals surface area contributed by atoms with E-state index in [4.69, 9.17) is 16.3 Å². The van der Waals surface area contributed by atoms with Gasteiger partial charge >= 0.3 is 10.2 Å². The van der Waals surface area contributed by atoms with Crippen molar-refractivity contribution >= 4 is 37.8 Å². The van der Waals surface area contributed by atoms with Crippen LogP contribution in [-0.2, 0) is 0 Å². The summed E-state index contributed by atoms with van der Waals surface area (Å²) in [6, 6.07) is 6.76. The van der Waals surface area contributed by atoms with Gasteiger partial charge in [0, 0.05) is 10.5 Å². The minimum atomic E-state index is -9.65. The molecule has 0 unspecified atom stereocenters. The van der Waals surface area contributed by atoms with Crippen molar-refractivity contribution in [2.45, 2.75) is 4.90 Å². The summed E-state index contributed by atoms with van der Waals surface area (Å²) in [5.41, 5.74) is 0. The molecule has 0 atom stereocenters. The van der Waals surface area contributed by atoms with E-state index < -0.39 is 15.1 Å². The van der Waals surface area contributed by atoms with Crippen LogP contribution in [-0.4, -0.2) is 0 Å². The summed E-state index contributed by atoms with van der Waals surface area (Å²) in [6.07, 6.45) is 0. The molecule has 9 heteroatoms. The summed E-state index contributed by atoms with van der Waals surface area (Å²) in [7, 11) is -9.65. The van der Waals surface area contributed by atoms with Crippen LogP contribution in [0.15, 0.2) is 51.8 Å². The molecule has 0 spiro atoms. The zero-order valence-electron chi connectivity index (χ0n) is 10.0. The summed E-state index contributed by atoms with van der Waals surface area (Å²) in [6.45, 7) is 0. The van der Waals surface area contributed by atoms with Gasteiger partial charge in [-0.15, -0.1) is 0 Å². The molecule has 0 bridgehead atoms. The smallest absolute Gasteiger partial charge is 0.310 e. The number of rotatable bonds is 3. The maximum atomic E-state index is 12.5. The maximum Gasteiger partial charge on any atom is 0.310 e. The molecule has 1 nitrogen and oxygen atoms in total. The van der Waals surface area contributed by atoms with Gasteiger partial charge in [-0.05, 0) is 52.3 Å². The third kappa shape index (κ3) is 4.24. The first-order chi connectivity index (χ1) is 9.35. The van der Waals surface area contributed by atoms with E-state index in [1.165, 1.54) is 12.1 Å². The summed E-state index contributed by atoms with van der Waals surface area (Å²) < 4.78 is 68.6. The second-order valence-electron chi connectivity index (χ2n) is 4.12. The Hall–Kier alpha value is -0.990. The van der Waals surface area contributed by atoms with Crippen molar-refractivity contribution in [3.63, 3.8) is 0 Å². The zero-order valence-corrected chi connectivity index (χ0v) is 13.2. The van der Waals surface area contributed by atoms with Gasteiger partial charge in [0.2, 0.25) is 0 Å². The summed E-state index contributed by atoms with van der Waals surface area (Å²) in [4.78, 5) is -1.96. The minimum Gasteiger partial charge on any atom is -0.457 e. The summed E-state index contributed by atoms with van der Waals surface area (Å²) in [5, 5.41) is 0.344. The van der Waals surface area contributed by atoms with E-state index in [0.717, 1.165) is 12.1 Å². The van der Waals surface area contributed by atoms with E-state index in [1.807, 2.05) is 0 Å². The molecule has 0 radical (unpaired) electrons. The predicted molar refractivity (Wildman–Crippen MR) is 77.1 cm³/mol. The molecule has 0 heterocycles. The van der Waals surface area contributed by atoms with Crippen LogP contribution in [0.4, 0.5) is 19.4 Å². The fourth-order valence-corrected chi connectivity index (χ4v) is 2.51. The van der Waals surface area contributed by atoms with Crippen LogP contribution < -0.4 is 4.74 Å². The van der Waals surface area contributed by atoms with Crippen molar-refractivity contribution in [1.82, 2.24) is 0 Å². The lowest BCUT2D eigenvalue weighted by atomic mass is 10.3. The van der Waals surface area contributed by atoms with E-state index in [2.05, 4.69) is 15.9 Å². The van der Waals surface area contributed by atoms with Gasteiger partial charge in [-0.2, -0.15) is 0 Å². The topological polar surface area (TPSA) is 9.23 Å². The monoisotopic (exact) mass is 408 g/mol. The fraction of sp³-hybridized carbons (Fsp3) is 0. The fourth-order valence-electron chi connectivity index (χ4n) is 1.44. The molecule has 2 rings (SSSR count). The lowest BCUT2D eigenvalue weighted by Gasteiger charge is -2.40. The molecule has 0 aliphatic rings. The number of benzene rings is 2. The lowest BCUT2D eigenvalue weighted by Crippen LogP contribution is -2.05. The van der Waals surface area contributed by atoms with Crippen molar-refractivity contribution in [1.29, 1.82) is 0 Å². The van der Waals surface area contributed by atoms with Crippen molar-refractivity contribution in [3.8, 4) is 11.5 Å². The average Bonchev–Trinajstić information content (AvgIpc) is 2.32. The second-order valence-corrected chi connectivity index (χ2v) is 7.79. The van der Waals surface area contributed by atoms with Crippen LogP contribution >= 0.6 is 37.8 Å². The van der Waals surface area contributed by atoms with Gasteiger partial charge in [0.05, 0.1) is 5.02 Å². The van der Waals surface area contributed by atoms with E-state index in [-0.39, 0.29) is 23.6 Å². The van der Waals surface area contributed by atoms with Crippen molar-refractivity contribution < 1.29 is 24.2 Å². The van der Waals surface area contributed by atoms with Crippen LogP contribution in [0.5, 0.6) is 11.5 Å². The van der Waals surface area contributed by atoms with E-state index in [0.29, 0.717) is 9.50 Å². The maximum absolute atomic E-state index is 12.5. The summed E-state index contributed by atoms with van der Waals surface area (Å²) in [5.74, 6) is 0.252. The van der Waals surface area contributed by atoms with E-state index in [9.17, 15) is 19.4 Å². The van der Waals surface area contributed by atoms with Crippen LogP contribution in [0.3, 0.4) is 0 Å². The molecule has 0 saturated carbocycles. The Labute approximate surface area is 130 Å². The first kappa shape index (κ1) is 16.4. The van der Waals surface area contributed by atoms with Gasteiger partial charge in [0.1, 0.15) is 16.4 Å². The van der Waals surface area contributed by atoms with Crippen LogP contribution in [0.2, 0.25) is 5.02 Å². The lowest BCUT2D eigenvalue weighted by molar-refractivity contribution is 0.364. The summed E-state index contributed by atoms with van der Waals surface area (Å²) >= 11 is 9.00. The van der Waals surface area contributed by atoms with Gasteiger partial charge in [-0.3, -0.25) is 0 Å². The third-order valence-electron chi connectivity index (χ3n) is 2.40. The standard InChI is InChI=1S/C12H7BrClF5OS/c13-11-6-3-9(7-12(11)14)20-8-1-4-10(5-2-8)21(15,16,17,18)19/h1-7H. The molecule has 0 saturated heterocycles. The Kier molecular flexibility index (Phi) is 3.51. The van der Waals surface area contributed by atoms with E-state index >= 15 is 0 Å². The Balaban J connectivity index is 2.26. The highest BCUT2D eigenvalue weighted by atomic mass is 79.9. The number of hydrogen-bond acceptors (Lipinski definition) is 1. The molecule has 2 aromatic carbocycles. The van der Waals surface area contributed by atoms with Gasteiger partial charge in [-0.1, -0.05) is 31.0 Å². The quantitative estimate of drug-likeness (QED) is 0.475. The van der Waals surface area contributed by atoms with Crippen molar-refractivity contribution in [2.75, 3.05) is 0 Å². The predicted octanol–water partition coefficient (Wildman–Crippen LogP) is 7.55. The Morgan fingerprint density at radius 2 is 1.38 bits per heavy atom. The molecule has 2 aromatic rings. The van der Waals surface area contributed by atoms with Crippen LogP contribution in [0.25, 0.3) is 0 Å². The normalized spacial score (nSPS) is 15.2. The molecule has 0 aromatic heterocycles. The molecular weight excluding hydrogens is 403 g/mol. The Morgan fingerprint density at radius 3 is 1.86 bits per heavy atom. The second kappa shape index (κ2) is 4.50. The highest BCUT2D eigenvalue weighted by molar-refractivity contribution is 9.10. The molecule has 116 valence electrons. The van der Waals surface area contributed by atoms with Crippen molar-refractivity contribution in [2.24, 2.45) is 0 Å². The Bertz CT molecular complexity index is 687. The highest BCUT2D eigenvalue weighted by Crippen LogP contribution is 3.02. The SMILES string of the molecule is FS(F)(F)(F)(F)c1ccc(Oc2ccc(Br)c(Cl)c2)cc1. The molecule has 21 heavy (non-hydrogen) atoms. The highest BCUT2D eigenvalue weighted by Gasteiger charge is 2.65. The first-order valence-electron chi connectivity index (χ1n) is 5.32. The third-order valence-corrected chi connectivity index (χ3v) is 4.79. The molecule has 0 amide bonds. The molecule has 0 N–H and O–H groups in total. The number of ether oxygens (including phenoxy) is 1. The van der Waals surface area contributed by atoms with Gasteiger partial charge in [0.15, 0.2) is 0 Å². The number of halogens is 7. The first-order valence-corrected chi connectivity index (χ1v) is 8.44. The van der Waals surface area contributed by atoms with Crippen LogP contribution in [0.1, 0.15) is 0 Å². The molecule has 0 fully saturated rings. The minimum absolute atomic E-state index is 0.0148. The van der Waals surface area contributed by atoms with Gasteiger partial charge in [-0.25, -0.2) is 0 Å². The number of hydrogen-bond donors (Lipinski definition) is 0. The molecule has 0 aliphatic carbocycles. The van der Waals surface area contributed by atoms with Crippen molar-refractivity contribution in [3.05, 3.63) is 52.0 Å². The average molecular weight is 410 g/mol. The zero-order chi connectivity index (χ0) is 16.0. The largest absolute Gasteiger partial charge is 0.457 e. The van der Waals surface area contributed by atoms with Gasteiger partial charge < -0.3 is 4.74 Å². The molecule has 0 aliphatic heterocycles. The van der Waals surface area contributed by atoms with E-state index in [1.54, 1.807) is 6.07 Å². The molecular formula is C12H7BrClF5OS. The Morgan fingerprint density at radius 1 is 0.857 bits per heavy atom. The van der Waals surface area contributed by atoms with Gasteiger partial charge in [0.25, 0.3) is 0 Å².